The maximum absolute atomic E-state index is 13.3. The van der Waals surface area contributed by atoms with Gasteiger partial charge in [0.25, 0.3) is 11.8 Å². The lowest BCUT2D eigenvalue weighted by Gasteiger charge is -2.26. The topological polar surface area (TPSA) is 84.9 Å². The summed E-state index contributed by atoms with van der Waals surface area (Å²) < 4.78 is 11.6. The number of hydrogen-bond donors (Lipinski definition) is 1. The molecular weight excluding hydrogens is 622 g/mol. The molecule has 1 aliphatic rings. The first kappa shape index (κ1) is 29.5. The number of carbonyl (C=O) groups excluding carboxylic acids is 3. The van der Waals surface area contributed by atoms with Crippen molar-refractivity contribution >= 4 is 76.0 Å². The average Bonchev–Trinajstić information content (AvgIpc) is 2.95. The van der Waals surface area contributed by atoms with E-state index >= 15 is 0 Å². The van der Waals surface area contributed by atoms with Crippen LogP contribution < -0.4 is 19.7 Å². The Labute approximate surface area is 261 Å². The van der Waals surface area contributed by atoms with Crippen LogP contribution in [0, 0.1) is 0 Å². The van der Waals surface area contributed by atoms with Gasteiger partial charge in [-0.25, -0.2) is 9.69 Å². The van der Waals surface area contributed by atoms with Crippen LogP contribution in [0.4, 0.5) is 10.5 Å². The molecule has 1 fully saturated rings. The molecule has 1 aliphatic heterocycles. The second-order valence-corrected chi connectivity index (χ2v) is 10.8. The summed E-state index contributed by atoms with van der Waals surface area (Å²) in [6.45, 7) is 0.435. The van der Waals surface area contributed by atoms with Crippen LogP contribution in [-0.2, 0) is 22.8 Å². The van der Waals surface area contributed by atoms with Crippen LogP contribution >= 0.6 is 46.4 Å². The summed E-state index contributed by atoms with van der Waals surface area (Å²) in [5.41, 5.74) is 2.08. The number of barbiturate groups is 1. The molecule has 1 saturated heterocycles. The van der Waals surface area contributed by atoms with E-state index in [1.807, 2.05) is 12.1 Å². The Morgan fingerprint density at radius 3 is 2.21 bits per heavy atom. The minimum Gasteiger partial charge on any atom is -0.489 e. The van der Waals surface area contributed by atoms with Crippen molar-refractivity contribution in [2.45, 2.75) is 13.2 Å². The molecule has 0 saturated carbocycles. The Bertz CT molecular complexity index is 1720. The normalized spacial score (nSPS) is 14.2. The zero-order chi connectivity index (χ0) is 29.8. The van der Waals surface area contributed by atoms with Crippen molar-refractivity contribution < 1.29 is 23.9 Å². The summed E-state index contributed by atoms with van der Waals surface area (Å²) in [7, 11) is 0. The van der Waals surface area contributed by atoms with Crippen LogP contribution in [0.15, 0.2) is 90.5 Å². The van der Waals surface area contributed by atoms with E-state index in [2.05, 4.69) is 5.32 Å². The second kappa shape index (κ2) is 12.9. The third kappa shape index (κ3) is 6.89. The highest BCUT2D eigenvalue weighted by Gasteiger charge is 2.36. The lowest BCUT2D eigenvalue weighted by Crippen LogP contribution is -2.54. The van der Waals surface area contributed by atoms with E-state index in [1.54, 1.807) is 60.7 Å². The monoisotopic (exact) mass is 640 g/mol. The Morgan fingerprint density at radius 2 is 1.50 bits per heavy atom. The van der Waals surface area contributed by atoms with Crippen LogP contribution in [0.25, 0.3) is 6.08 Å². The van der Waals surface area contributed by atoms with Gasteiger partial charge in [0.1, 0.15) is 30.3 Å². The number of imide groups is 2. The van der Waals surface area contributed by atoms with Crippen molar-refractivity contribution in [3.8, 4) is 11.5 Å². The number of halogens is 4. The molecule has 0 bridgehead atoms. The largest absolute Gasteiger partial charge is 0.489 e. The number of amides is 4. The van der Waals surface area contributed by atoms with E-state index in [9.17, 15) is 14.4 Å². The zero-order valence-corrected chi connectivity index (χ0v) is 24.6. The van der Waals surface area contributed by atoms with Crippen LogP contribution in [0.2, 0.25) is 20.1 Å². The molecule has 0 unspecified atom stereocenters. The van der Waals surface area contributed by atoms with Crippen LogP contribution in [-0.4, -0.2) is 17.8 Å². The van der Waals surface area contributed by atoms with Gasteiger partial charge in [-0.15, -0.1) is 0 Å². The van der Waals surface area contributed by atoms with Gasteiger partial charge in [0, 0.05) is 20.6 Å². The van der Waals surface area contributed by atoms with Gasteiger partial charge in [-0.05, 0) is 77.9 Å². The van der Waals surface area contributed by atoms with Crippen molar-refractivity contribution in [1.82, 2.24) is 5.32 Å². The summed E-state index contributed by atoms with van der Waals surface area (Å²) in [5, 5.41) is 4.06. The number of rotatable bonds is 8. The summed E-state index contributed by atoms with van der Waals surface area (Å²) in [4.78, 5) is 39.4. The van der Waals surface area contributed by atoms with Gasteiger partial charge in [-0.3, -0.25) is 14.9 Å². The fourth-order valence-electron chi connectivity index (χ4n) is 4.06. The maximum atomic E-state index is 13.3. The van der Waals surface area contributed by atoms with Crippen LogP contribution in [0.3, 0.4) is 0 Å². The first-order chi connectivity index (χ1) is 20.2. The molecule has 5 rings (SSSR count). The molecule has 7 nitrogen and oxygen atoms in total. The number of anilines is 1. The molecule has 4 amide bonds. The van der Waals surface area contributed by atoms with E-state index in [0.29, 0.717) is 32.1 Å². The molecular formula is C31H20Cl4N2O5. The molecule has 4 aromatic carbocycles. The zero-order valence-electron chi connectivity index (χ0n) is 21.6. The van der Waals surface area contributed by atoms with Gasteiger partial charge in [0.05, 0.1) is 10.7 Å². The highest BCUT2D eigenvalue weighted by molar-refractivity contribution is 6.39. The van der Waals surface area contributed by atoms with Gasteiger partial charge >= 0.3 is 6.03 Å². The number of benzene rings is 4. The van der Waals surface area contributed by atoms with Crippen molar-refractivity contribution in [3.05, 3.63) is 127 Å². The summed E-state index contributed by atoms with van der Waals surface area (Å²) >= 11 is 24.5. The number of nitrogens with one attached hydrogen (secondary N) is 1. The molecule has 11 heteroatoms. The Kier molecular flexibility index (Phi) is 9.04. The standard InChI is InChI=1S/C31H20Cl4N2O5/c32-21-3-1-2-19(12-21)16-42-28-11-4-18(14-27(28)35)13-25-29(38)36-31(40)37(30(25)39)23-7-9-24(10-8-23)41-17-20-5-6-22(33)15-26(20)34/h1-15H,16-17H2,(H,36,38,40)/b25-13+. The molecule has 1 N–H and O–H groups in total. The summed E-state index contributed by atoms with van der Waals surface area (Å²) in [6, 6.07) is 22.6. The molecule has 212 valence electrons. The SMILES string of the molecule is O=C1NC(=O)N(c2ccc(OCc3ccc(Cl)cc3Cl)cc2)C(=O)/C1=C/c1ccc(OCc2cccc(Cl)c2)c(Cl)c1. The molecule has 0 atom stereocenters. The molecule has 0 aromatic heterocycles. The van der Waals surface area contributed by atoms with Crippen LogP contribution in [0.5, 0.6) is 11.5 Å². The predicted molar refractivity (Wildman–Crippen MR) is 163 cm³/mol. The summed E-state index contributed by atoms with van der Waals surface area (Å²) in [5.74, 6) is -0.717. The van der Waals surface area contributed by atoms with Crippen molar-refractivity contribution in [2.24, 2.45) is 0 Å². The quantitative estimate of drug-likeness (QED) is 0.155. The van der Waals surface area contributed by atoms with Gasteiger partial charge in [-0.2, -0.15) is 0 Å². The summed E-state index contributed by atoms with van der Waals surface area (Å²) in [6.07, 6.45) is 1.36. The molecule has 42 heavy (non-hydrogen) atoms. The lowest BCUT2D eigenvalue weighted by molar-refractivity contribution is -0.122. The molecule has 4 aromatic rings. The fraction of sp³-hybridized carbons (Fsp3) is 0.0645. The van der Waals surface area contributed by atoms with E-state index in [4.69, 9.17) is 55.9 Å². The van der Waals surface area contributed by atoms with Gasteiger partial charge in [0.15, 0.2) is 0 Å². The third-order valence-electron chi connectivity index (χ3n) is 6.16. The van der Waals surface area contributed by atoms with Crippen molar-refractivity contribution in [3.63, 3.8) is 0 Å². The van der Waals surface area contributed by atoms with Crippen LogP contribution in [0.1, 0.15) is 16.7 Å². The van der Waals surface area contributed by atoms with Gasteiger partial charge < -0.3 is 9.47 Å². The Morgan fingerprint density at radius 1 is 0.738 bits per heavy atom. The third-order valence-corrected chi connectivity index (χ3v) is 7.27. The van der Waals surface area contributed by atoms with Crippen molar-refractivity contribution in [2.75, 3.05) is 4.90 Å². The Balaban J connectivity index is 1.29. The van der Waals surface area contributed by atoms with E-state index in [-0.39, 0.29) is 29.5 Å². The number of ether oxygens (including phenoxy) is 2. The van der Waals surface area contributed by atoms with Gasteiger partial charge in [0.2, 0.25) is 0 Å². The number of urea groups is 1. The van der Waals surface area contributed by atoms with Gasteiger partial charge in [-0.1, -0.05) is 70.7 Å². The minimum atomic E-state index is -0.869. The van der Waals surface area contributed by atoms with E-state index in [0.717, 1.165) is 16.0 Å². The van der Waals surface area contributed by atoms with E-state index < -0.39 is 17.8 Å². The number of nitrogens with zero attached hydrogens (tertiary/aromatic N) is 1. The average molecular weight is 642 g/mol. The lowest BCUT2D eigenvalue weighted by atomic mass is 10.1. The first-order valence-electron chi connectivity index (χ1n) is 12.4. The number of carbonyl (C=O) groups is 3. The molecule has 0 radical (unpaired) electrons. The van der Waals surface area contributed by atoms with E-state index in [1.165, 1.54) is 18.2 Å². The molecule has 1 heterocycles. The maximum Gasteiger partial charge on any atom is 0.335 e. The molecule has 0 aliphatic carbocycles. The number of hydrogen-bond acceptors (Lipinski definition) is 5. The van der Waals surface area contributed by atoms with Crippen molar-refractivity contribution in [1.29, 1.82) is 0 Å². The predicted octanol–water partition coefficient (Wildman–Crippen LogP) is 8.12. The smallest absolute Gasteiger partial charge is 0.335 e. The minimum absolute atomic E-state index is 0.187. The fourth-order valence-corrected chi connectivity index (χ4v) is 4.98. The highest BCUT2D eigenvalue weighted by Crippen LogP contribution is 2.30. The second-order valence-electron chi connectivity index (χ2n) is 9.08. The Hall–Kier alpha value is -4.01. The first-order valence-corrected chi connectivity index (χ1v) is 13.9. The molecule has 0 spiro atoms. The highest BCUT2D eigenvalue weighted by atomic mass is 35.5.